The maximum Gasteiger partial charge on any atom is 0.209 e. The van der Waals surface area contributed by atoms with E-state index in [-0.39, 0.29) is 24.2 Å². The van der Waals surface area contributed by atoms with Gasteiger partial charge in [-0.1, -0.05) is 13.8 Å². The van der Waals surface area contributed by atoms with Gasteiger partial charge in [-0.15, -0.1) is 0 Å². The van der Waals surface area contributed by atoms with E-state index < -0.39 is 15.8 Å². The lowest BCUT2D eigenvalue weighted by Gasteiger charge is -2.20. The minimum Gasteiger partial charge on any atom is -0.492 e. The van der Waals surface area contributed by atoms with Gasteiger partial charge in [-0.25, -0.2) is 17.9 Å². The zero-order valence-electron chi connectivity index (χ0n) is 10.8. The van der Waals surface area contributed by atoms with E-state index in [0.29, 0.717) is 10.2 Å². The van der Waals surface area contributed by atoms with Gasteiger partial charge in [-0.2, -0.15) is 0 Å². The zero-order chi connectivity index (χ0) is 14.6. The zero-order valence-corrected chi connectivity index (χ0v) is 13.2. The second kappa shape index (κ2) is 6.67. The van der Waals surface area contributed by atoms with Crippen LogP contribution in [0.2, 0.25) is 0 Å². The van der Waals surface area contributed by atoms with Gasteiger partial charge in [0.05, 0.1) is 16.8 Å². The largest absolute Gasteiger partial charge is 0.492 e. The van der Waals surface area contributed by atoms with E-state index >= 15 is 0 Å². The van der Waals surface area contributed by atoms with Crippen LogP contribution in [-0.2, 0) is 10.0 Å². The monoisotopic (exact) mass is 353 g/mol. The van der Waals surface area contributed by atoms with Crippen LogP contribution in [0.3, 0.4) is 0 Å². The van der Waals surface area contributed by atoms with Crippen molar-refractivity contribution >= 4 is 26.0 Å². The second-order valence-electron chi connectivity index (χ2n) is 4.72. The maximum atomic E-state index is 13.1. The summed E-state index contributed by atoms with van der Waals surface area (Å²) in [6.07, 6.45) is 0. The molecule has 0 heterocycles. The van der Waals surface area contributed by atoms with Crippen molar-refractivity contribution in [3.63, 3.8) is 0 Å². The number of sulfonamides is 1. The van der Waals surface area contributed by atoms with Gasteiger partial charge in [-0.3, -0.25) is 0 Å². The summed E-state index contributed by atoms with van der Waals surface area (Å²) in [5.74, 6) is -0.376. The molecular formula is C12H17BrFNO3S. The molecule has 108 valence electrons. The first-order chi connectivity index (χ1) is 8.69. The van der Waals surface area contributed by atoms with E-state index in [1.165, 1.54) is 18.2 Å². The first-order valence-corrected chi connectivity index (χ1v) is 8.28. The molecule has 0 aliphatic heterocycles. The highest BCUT2D eigenvalue weighted by atomic mass is 79.9. The van der Waals surface area contributed by atoms with Gasteiger partial charge in [0.1, 0.15) is 11.6 Å². The molecule has 0 saturated carbocycles. The third kappa shape index (κ3) is 5.88. The molecule has 4 nitrogen and oxygen atoms in total. The van der Waals surface area contributed by atoms with Gasteiger partial charge in [0.15, 0.2) is 0 Å². The van der Waals surface area contributed by atoms with E-state index in [2.05, 4.69) is 15.9 Å². The molecule has 1 unspecified atom stereocenters. The molecule has 1 aromatic rings. The molecule has 0 amide bonds. The third-order valence-electron chi connectivity index (χ3n) is 2.74. The standard InChI is InChI=1S/C12H17BrFNO3S/c1-8(2)9(7-19(15,16)17)6-18-12-5-10(14)3-4-11(12)13/h3-5,8-9H,6-7H2,1-2H3,(H2,15,16,17). The summed E-state index contributed by atoms with van der Waals surface area (Å²) in [5, 5.41) is 5.04. The van der Waals surface area contributed by atoms with Crippen LogP contribution in [0.1, 0.15) is 13.8 Å². The van der Waals surface area contributed by atoms with Crippen LogP contribution in [0.15, 0.2) is 22.7 Å². The van der Waals surface area contributed by atoms with Crippen LogP contribution in [-0.4, -0.2) is 20.8 Å². The van der Waals surface area contributed by atoms with Crippen LogP contribution in [0.25, 0.3) is 0 Å². The first-order valence-electron chi connectivity index (χ1n) is 5.77. The van der Waals surface area contributed by atoms with Crippen molar-refractivity contribution in [3.05, 3.63) is 28.5 Å². The van der Waals surface area contributed by atoms with E-state index in [0.717, 1.165) is 0 Å². The molecule has 0 radical (unpaired) electrons. The molecule has 0 aliphatic carbocycles. The summed E-state index contributed by atoms with van der Waals surface area (Å²) in [5.41, 5.74) is 0. The van der Waals surface area contributed by atoms with Gasteiger partial charge >= 0.3 is 0 Å². The summed E-state index contributed by atoms with van der Waals surface area (Å²) in [4.78, 5) is 0. The molecule has 0 saturated heterocycles. The summed E-state index contributed by atoms with van der Waals surface area (Å²) in [6.45, 7) is 3.94. The Labute approximate surface area is 121 Å². The van der Waals surface area contributed by atoms with Crippen LogP contribution >= 0.6 is 15.9 Å². The average Bonchev–Trinajstić information content (AvgIpc) is 2.26. The van der Waals surface area contributed by atoms with E-state index in [4.69, 9.17) is 9.88 Å². The number of hydrogen-bond donors (Lipinski definition) is 1. The molecule has 0 aromatic heterocycles. The Morgan fingerprint density at radius 2 is 2.05 bits per heavy atom. The maximum absolute atomic E-state index is 13.1. The molecule has 19 heavy (non-hydrogen) atoms. The molecule has 0 aliphatic rings. The second-order valence-corrected chi connectivity index (χ2v) is 7.23. The van der Waals surface area contributed by atoms with Gasteiger partial charge in [0.25, 0.3) is 0 Å². The SMILES string of the molecule is CC(C)C(COc1cc(F)ccc1Br)CS(N)(=O)=O. The van der Waals surface area contributed by atoms with Gasteiger partial charge < -0.3 is 4.74 Å². The highest BCUT2D eigenvalue weighted by molar-refractivity contribution is 9.10. The highest BCUT2D eigenvalue weighted by Gasteiger charge is 2.20. The Morgan fingerprint density at radius 1 is 1.42 bits per heavy atom. The van der Waals surface area contributed by atoms with Crippen molar-refractivity contribution in [2.75, 3.05) is 12.4 Å². The Balaban J connectivity index is 2.74. The molecular weight excluding hydrogens is 337 g/mol. The van der Waals surface area contributed by atoms with Crippen LogP contribution in [0, 0.1) is 17.7 Å². The van der Waals surface area contributed by atoms with Crippen molar-refractivity contribution in [3.8, 4) is 5.75 Å². The predicted molar refractivity (Wildman–Crippen MR) is 75.9 cm³/mol. The normalized spacial score (nSPS) is 13.6. The summed E-state index contributed by atoms with van der Waals surface area (Å²) in [6, 6.07) is 4.09. The Morgan fingerprint density at radius 3 is 2.58 bits per heavy atom. The number of rotatable bonds is 6. The number of benzene rings is 1. The lowest BCUT2D eigenvalue weighted by molar-refractivity contribution is 0.223. The molecule has 0 bridgehead atoms. The molecule has 1 aromatic carbocycles. The number of primary sulfonamides is 1. The Bertz CT molecular complexity index is 534. The van der Waals surface area contributed by atoms with Gasteiger partial charge in [0.2, 0.25) is 10.0 Å². The van der Waals surface area contributed by atoms with Crippen LogP contribution in [0.4, 0.5) is 4.39 Å². The van der Waals surface area contributed by atoms with Crippen molar-refractivity contribution in [1.82, 2.24) is 0 Å². The van der Waals surface area contributed by atoms with Crippen molar-refractivity contribution in [2.24, 2.45) is 17.0 Å². The Kier molecular flexibility index (Phi) is 5.76. The van der Waals surface area contributed by atoms with Crippen molar-refractivity contribution in [2.45, 2.75) is 13.8 Å². The number of nitrogens with two attached hydrogens (primary N) is 1. The van der Waals surface area contributed by atoms with Gasteiger partial charge in [0, 0.05) is 12.0 Å². The summed E-state index contributed by atoms with van der Waals surface area (Å²) in [7, 11) is -3.56. The average molecular weight is 354 g/mol. The summed E-state index contributed by atoms with van der Waals surface area (Å²) < 4.78 is 41.4. The number of hydrogen-bond acceptors (Lipinski definition) is 3. The molecule has 1 atom stereocenters. The van der Waals surface area contributed by atoms with Gasteiger partial charge in [-0.05, 0) is 34.0 Å². The topological polar surface area (TPSA) is 69.4 Å². The Hall–Kier alpha value is -0.660. The summed E-state index contributed by atoms with van der Waals surface area (Å²) >= 11 is 3.24. The first kappa shape index (κ1) is 16.4. The minimum absolute atomic E-state index is 0.0886. The molecule has 7 heteroatoms. The molecule has 0 fully saturated rings. The molecule has 1 rings (SSSR count). The lowest BCUT2D eigenvalue weighted by atomic mass is 9.99. The van der Waals surface area contributed by atoms with Crippen molar-refractivity contribution < 1.29 is 17.5 Å². The highest BCUT2D eigenvalue weighted by Crippen LogP contribution is 2.26. The predicted octanol–water partition coefficient (Wildman–Crippen LogP) is 2.53. The smallest absolute Gasteiger partial charge is 0.209 e. The minimum atomic E-state index is -3.56. The van der Waals surface area contributed by atoms with E-state index in [1.54, 1.807) is 0 Å². The van der Waals surface area contributed by atoms with Crippen LogP contribution in [0.5, 0.6) is 5.75 Å². The van der Waals surface area contributed by atoms with Crippen LogP contribution < -0.4 is 9.88 Å². The fourth-order valence-electron chi connectivity index (χ4n) is 1.52. The molecule has 2 N–H and O–H groups in total. The van der Waals surface area contributed by atoms with Crippen molar-refractivity contribution in [1.29, 1.82) is 0 Å². The van der Waals surface area contributed by atoms with E-state index in [9.17, 15) is 12.8 Å². The lowest BCUT2D eigenvalue weighted by Crippen LogP contribution is -2.30. The molecule has 0 spiro atoms. The third-order valence-corrected chi connectivity index (χ3v) is 4.28. The quantitative estimate of drug-likeness (QED) is 0.854. The van der Waals surface area contributed by atoms with E-state index in [1.807, 2.05) is 13.8 Å². The number of ether oxygens (including phenoxy) is 1. The number of halogens is 2. The fraction of sp³-hybridized carbons (Fsp3) is 0.500. The fourth-order valence-corrected chi connectivity index (χ4v) is 2.96.